The van der Waals surface area contributed by atoms with Gasteiger partial charge in [0.2, 0.25) is 0 Å². The molecule has 0 nitrogen and oxygen atoms in total. The van der Waals surface area contributed by atoms with Crippen molar-refractivity contribution in [3.63, 3.8) is 0 Å². The van der Waals surface area contributed by atoms with Crippen molar-refractivity contribution in [2.75, 3.05) is 0 Å². The predicted molar refractivity (Wildman–Crippen MR) is 108 cm³/mol. The number of benzene rings is 2. The van der Waals surface area contributed by atoms with Crippen LogP contribution in [0.1, 0.15) is 23.1 Å². The summed E-state index contributed by atoms with van der Waals surface area (Å²) < 4.78 is 0. The number of halogens is 3. The summed E-state index contributed by atoms with van der Waals surface area (Å²) in [4.78, 5) is 0. The van der Waals surface area contributed by atoms with Crippen molar-refractivity contribution in [2.45, 2.75) is 18.5 Å². The van der Waals surface area contributed by atoms with Crippen LogP contribution in [0.5, 0.6) is 0 Å². The van der Waals surface area contributed by atoms with Gasteiger partial charge in [-0.3, -0.25) is 0 Å². The van der Waals surface area contributed by atoms with Crippen molar-refractivity contribution >= 4 is 43.3 Å². The Kier molecular flexibility index (Phi) is 7.49. The monoisotopic (exact) mass is 431 g/mol. The molecule has 1 atom stereocenters. The number of allylic oxidation sites excluding steroid dienone is 4. The molecule has 2 aromatic rings. The van der Waals surface area contributed by atoms with Crippen LogP contribution < -0.4 is 0 Å². The summed E-state index contributed by atoms with van der Waals surface area (Å²) in [6.45, 7) is 2.30. The van der Waals surface area contributed by atoms with Gasteiger partial charge < -0.3 is 0 Å². The first-order chi connectivity index (χ1) is 10.2. The zero-order chi connectivity index (χ0) is 14.4. The fourth-order valence-electron chi connectivity index (χ4n) is 3.73. The normalized spacial score (nSPS) is 16.7. The third-order valence-corrected chi connectivity index (χ3v) is 9.49. The average Bonchev–Trinajstić information content (AvgIpc) is 3.14. The molecule has 2 aliphatic rings. The molecule has 1 radical (unpaired) electrons. The van der Waals surface area contributed by atoms with Crippen molar-refractivity contribution in [3.05, 3.63) is 83.1 Å². The summed E-state index contributed by atoms with van der Waals surface area (Å²) in [6, 6.07) is 17.5. The first kappa shape index (κ1) is 21.6. The minimum absolute atomic E-state index is 0. The maximum absolute atomic E-state index is 7.23. The van der Waals surface area contributed by atoms with Gasteiger partial charge in [-0.2, -0.15) is 11.1 Å². The molecule has 0 spiro atoms. The molecule has 0 aromatic heterocycles. The summed E-state index contributed by atoms with van der Waals surface area (Å²) >= 11 is 7.23. The molecule has 0 fully saturated rings. The van der Waals surface area contributed by atoms with E-state index < -0.39 is 7.38 Å². The van der Waals surface area contributed by atoms with Gasteiger partial charge in [0.1, 0.15) is 0 Å². The molecule has 0 N–H and O–H groups in total. The zero-order valence-corrected chi connectivity index (χ0v) is 18.1. The van der Waals surface area contributed by atoms with Crippen LogP contribution in [-0.4, -0.2) is 7.38 Å². The molecule has 4 rings (SSSR count). The van der Waals surface area contributed by atoms with Crippen LogP contribution in [0, 0.1) is 0 Å². The molecule has 0 amide bonds. The van der Waals surface area contributed by atoms with E-state index in [9.17, 15) is 0 Å². The zero-order valence-electron chi connectivity index (χ0n) is 13.3. The molecule has 0 bridgehead atoms. The van der Waals surface area contributed by atoms with Gasteiger partial charge in [0.15, 0.2) is 7.38 Å². The molecular weight excluding hydrogens is 414 g/mol. The Morgan fingerprint density at radius 2 is 1.42 bits per heavy atom. The van der Waals surface area contributed by atoms with Crippen molar-refractivity contribution < 1.29 is 18.6 Å². The standard InChI is InChI=1S/C19H17ClSi.2ClH.V/c1-21(20,14-8-2-3-9-14)19-17-12-6-4-10-15(17)16-11-5-7-13-18(16)19;;;/h2-8,10-13,19H,9H2,1H3;2*1H;. The second-order valence-electron chi connectivity index (χ2n) is 6.01. The molecular formula is C19H19Cl3SiV. The van der Waals surface area contributed by atoms with E-state index >= 15 is 0 Å². The van der Waals surface area contributed by atoms with Gasteiger partial charge in [-0.1, -0.05) is 78.5 Å². The van der Waals surface area contributed by atoms with E-state index in [-0.39, 0.29) is 43.4 Å². The van der Waals surface area contributed by atoms with Crippen molar-refractivity contribution in [2.24, 2.45) is 0 Å². The van der Waals surface area contributed by atoms with E-state index in [1.54, 1.807) is 0 Å². The van der Waals surface area contributed by atoms with Crippen LogP contribution >= 0.6 is 35.9 Å². The minimum Gasteiger partial charge on any atom is -0.161 e. The van der Waals surface area contributed by atoms with Gasteiger partial charge >= 0.3 is 0 Å². The van der Waals surface area contributed by atoms with E-state index in [1.165, 1.54) is 27.5 Å². The Morgan fingerprint density at radius 3 is 1.88 bits per heavy atom. The SMILES string of the molecule is C[Si](Cl)(C1=CC=CC1)C1c2ccccc2-c2ccccc21.Cl.Cl.[V]. The fourth-order valence-corrected chi connectivity index (χ4v) is 7.84. The maximum atomic E-state index is 7.23. The van der Waals surface area contributed by atoms with Gasteiger partial charge in [0.25, 0.3) is 0 Å². The van der Waals surface area contributed by atoms with Crippen LogP contribution in [0.4, 0.5) is 0 Å². The smallest absolute Gasteiger partial charge is 0.161 e. The van der Waals surface area contributed by atoms with Crippen LogP contribution in [0.3, 0.4) is 0 Å². The number of hydrogen-bond donors (Lipinski definition) is 0. The van der Waals surface area contributed by atoms with Crippen LogP contribution in [0.15, 0.2) is 72.0 Å². The summed E-state index contributed by atoms with van der Waals surface area (Å²) in [7, 11) is -2.07. The van der Waals surface area contributed by atoms with Gasteiger partial charge in [0.05, 0.1) is 0 Å². The van der Waals surface area contributed by atoms with Crippen LogP contribution in [0.2, 0.25) is 6.55 Å². The second kappa shape index (κ2) is 8.31. The largest absolute Gasteiger partial charge is 0.191 e. The molecule has 2 aliphatic carbocycles. The summed E-state index contributed by atoms with van der Waals surface area (Å²) in [5, 5.41) is 1.45. The predicted octanol–water partition coefficient (Wildman–Crippen LogP) is 6.42. The molecule has 2 aromatic carbocycles. The molecule has 24 heavy (non-hydrogen) atoms. The van der Waals surface area contributed by atoms with Crippen molar-refractivity contribution in [1.29, 1.82) is 0 Å². The fraction of sp³-hybridized carbons (Fsp3) is 0.158. The van der Waals surface area contributed by atoms with E-state index in [1.807, 2.05) is 0 Å². The van der Waals surface area contributed by atoms with E-state index in [2.05, 4.69) is 73.3 Å². The number of fused-ring (bicyclic) bond motifs is 3. The quantitative estimate of drug-likeness (QED) is 0.379. The van der Waals surface area contributed by atoms with E-state index in [0.29, 0.717) is 5.54 Å². The van der Waals surface area contributed by atoms with Crippen molar-refractivity contribution in [1.82, 2.24) is 0 Å². The minimum atomic E-state index is -2.07. The Morgan fingerprint density at radius 1 is 0.917 bits per heavy atom. The average molecular weight is 433 g/mol. The van der Waals surface area contributed by atoms with Crippen LogP contribution in [-0.2, 0) is 18.6 Å². The van der Waals surface area contributed by atoms with E-state index in [4.69, 9.17) is 11.1 Å². The van der Waals surface area contributed by atoms with Crippen molar-refractivity contribution in [3.8, 4) is 11.1 Å². The first-order valence-corrected chi connectivity index (χ1v) is 11.0. The van der Waals surface area contributed by atoms with Gasteiger partial charge in [0, 0.05) is 24.1 Å². The first-order valence-electron chi connectivity index (χ1n) is 7.43. The maximum Gasteiger partial charge on any atom is 0.191 e. The molecule has 5 heteroatoms. The van der Waals surface area contributed by atoms with Gasteiger partial charge in [-0.25, -0.2) is 0 Å². The number of hydrogen-bond acceptors (Lipinski definition) is 0. The Labute approximate surface area is 173 Å². The summed E-state index contributed by atoms with van der Waals surface area (Å²) in [6.07, 6.45) is 7.63. The van der Waals surface area contributed by atoms with Gasteiger partial charge in [-0.05, 0) is 28.7 Å². The van der Waals surface area contributed by atoms with E-state index in [0.717, 1.165) is 6.42 Å². The Hall–Kier alpha value is -0.409. The molecule has 1 unspecified atom stereocenters. The molecule has 0 saturated carbocycles. The molecule has 0 heterocycles. The Balaban J connectivity index is 0.000000960. The van der Waals surface area contributed by atoms with Crippen LogP contribution in [0.25, 0.3) is 11.1 Å². The summed E-state index contributed by atoms with van der Waals surface area (Å²) in [5.41, 5.74) is 5.91. The third-order valence-electron chi connectivity index (χ3n) is 4.78. The third kappa shape index (κ3) is 3.31. The summed E-state index contributed by atoms with van der Waals surface area (Å²) in [5.74, 6) is 0. The molecule has 125 valence electrons. The molecule has 0 saturated heterocycles. The Bertz CT molecular complexity index is 738. The molecule has 0 aliphatic heterocycles. The second-order valence-corrected chi connectivity index (χ2v) is 11.7. The topological polar surface area (TPSA) is 0 Å². The number of rotatable bonds is 2. The van der Waals surface area contributed by atoms with Gasteiger partial charge in [-0.15, -0.1) is 24.8 Å².